The van der Waals surface area contributed by atoms with Crippen molar-refractivity contribution >= 4 is 17.7 Å². The monoisotopic (exact) mass is 130 g/mol. The van der Waals surface area contributed by atoms with E-state index >= 15 is 0 Å². The molecule has 0 atom stereocenters. The molecular weight excluding hydrogens is 122 g/mol. The molecular formula is C5H8NOS-. The van der Waals surface area contributed by atoms with E-state index in [4.69, 9.17) is 0 Å². The van der Waals surface area contributed by atoms with Gasteiger partial charge in [0.1, 0.15) is 0 Å². The van der Waals surface area contributed by atoms with E-state index in [1.54, 1.807) is 11.8 Å². The summed E-state index contributed by atoms with van der Waals surface area (Å²) in [5, 5.41) is 0. The second-order valence-corrected chi connectivity index (χ2v) is 2.81. The van der Waals surface area contributed by atoms with Crippen molar-refractivity contribution in [3.63, 3.8) is 0 Å². The Kier molecular flexibility index (Phi) is 1.78. The van der Waals surface area contributed by atoms with Crippen LogP contribution in [0.5, 0.6) is 0 Å². The van der Waals surface area contributed by atoms with Gasteiger partial charge >= 0.3 is 0 Å². The summed E-state index contributed by atoms with van der Waals surface area (Å²) >= 11 is 1.68. The summed E-state index contributed by atoms with van der Waals surface area (Å²) in [7, 11) is 3.55. The summed E-state index contributed by atoms with van der Waals surface area (Å²) in [5.41, 5.74) is 0. The van der Waals surface area contributed by atoms with Crippen LogP contribution in [-0.4, -0.2) is 28.9 Å². The number of carbonyl (C=O) groups excluding carboxylic acids is 1. The molecule has 1 aliphatic rings. The van der Waals surface area contributed by atoms with Gasteiger partial charge < -0.3 is 4.90 Å². The first kappa shape index (κ1) is 5.95. The van der Waals surface area contributed by atoms with Crippen LogP contribution in [0.25, 0.3) is 0 Å². The molecule has 0 aromatic carbocycles. The van der Waals surface area contributed by atoms with E-state index < -0.39 is 0 Å². The second kappa shape index (κ2) is 2.40. The molecule has 0 aromatic rings. The Labute approximate surface area is 53.2 Å². The molecule has 1 amide bonds. The highest BCUT2D eigenvalue weighted by Gasteiger charge is 2.07. The SMILES string of the molecule is [CH2-]N1CCSCC1=O. The second-order valence-electron chi connectivity index (χ2n) is 1.71. The lowest BCUT2D eigenvalue weighted by Gasteiger charge is -2.28. The fourth-order valence-electron chi connectivity index (χ4n) is 0.550. The molecule has 3 heteroatoms. The van der Waals surface area contributed by atoms with Gasteiger partial charge in [0.25, 0.3) is 0 Å². The molecule has 8 heavy (non-hydrogen) atoms. The van der Waals surface area contributed by atoms with E-state index in [0.29, 0.717) is 5.75 Å². The van der Waals surface area contributed by atoms with Gasteiger partial charge in [-0.3, -0.25) is 11.8 Å². The Morgan fingerprint density at radius 1 is 1.75 bits per heavy atom. The molecule has 0 saturated carbocycles. The number of amides is 1. The molecule has 0 radical (unpaired) electrons. The first-order valence-corrected chi connectivity index (χ1v) is 3.65. The van der Waals surface area contributed by atoms with Crippen molar-refractivity contribution in [2.75, 3.05) is 18.1 Å². The summed E-state index contributed by atoms with van der Waals surface area (Å²) < 4.78 is 0. The molecule has 1 heterocycles. The average molecular weight is 130 g/mol. The highest BCUT2D eigenvalue weighted by Crippen LogP contribution is 2.08. The van der Waals surface area contributed by atoms with Gasteiger partial charge in [-0.25, -0.2) is 0 Å². The van der Waals surface area contributed by atoms with Crippen molar-refractivity contribution in [3.05, 3.63) is 7.05 Å². The number of nitrogens with zero attached hydrogens (tertiary/aromatic N) is 1. The van der Waals surface area contributed by atoms with Crippen LogP contribution in [0.1, 0.15) is 0 Å². The molecule has 0 unspecified atom stereocenters. The van der Waals surface area contributed by atoms with Gasteiger partial charge in [-0.05, 0) is 6.54 Å². The van der Waals surface area contributed by atoms with Crippen molar-refractivity contribution < 1.29 is 4.79 Å². The highest BCUT2D eigenvalue weighted by molar-refractivity contribution is 8.00. The number of hydrogen-bond donors (Lipinski definition) is 0. The third-order valence-electron chi connectivity index (χ3n) is 1.08. The maximum atomic E-state index is 10.6. The lowest BCUT2D eigenvalue weighted by Crippen LogP contribution is -2.32. The van der Waals surface area contributed by atoms with E-state index in [9.17, 15) is 4.79 Å². The summed E-state index contributed by atoms with van der Waals surface area (Å²) in [6.45, 7) is 0.809. The third-order valence-corrected chi connectivity index (χ3v) is 2.01. The Balaban J connectivity index is 2.39. The number of carbonyl (C=O) groups is 1. The Morgan fingerprint density at radius 2 is 2.50 bits per heavy atom. The summed E-state index contributed by atoms with van der Waals surface area (Å²) in [6.07, 6.45) is 0. The Hall–Kier alpha value is -0.180. The predicted molar refractivity (Wildman–Crippen MR) is 34.4 cm³/mol. The van der Waals surface area contributed by atoms with Crippen LogP contribution in [0.4, 0.5) is 0 Å². The average Bonchev–Trinajstić information content (AvgIpc) is 1.77. The van der Waals surface area contributed by atoms with Crippen LogP contribution in [0, 0.1) is 7.05 Å². The van der Waals surface area contributed by atoms with Crippen LogP contribution < -0.4 is 0 Å². The smallest absolute Gasteiger partial charge is 0.203 e. The zero-order chi connectivity index (χ0) is 5.98. The molecule has 1 fully saturated rings. The quantitative estimate of drug-likeness (QED) is 0.441. The largest absolute Gasteiger partial charge is 0.494 e. The molecule has 1 rings (SSSR count). The highest BCUT2D eigenvalue weighted by atomic mass is 32.2. The minimum Gasteiger partial charge on any atom is -0.494 e. The van der Waals surface area contributed by atoms with Gasteiger partial charge in [-0.2, -0.15) is 11.8 Å². The van der Waals surface area contributed by atoms with Crippen LogP contribution in [0.3, 0.4) is 0 Å². The fraction of sp³-hybridized carbons (Fsp3) is 0.600. The molecule has 0 aliphatic carbocycles. The van der Waals surface area contributed by atoms with Crippen molar-refractivity contribution in [2.24, 2.45) is 0 Å². The minimum atomic E-state index is 0.154. The lowest BCUT2D eigenvalue weighted by molar-refractivity contribution is -0.126. The maximum Gasteiger partial charge on any atom is 0.203 e. The van der Waals surface area contributed by atoms with Crippen LogP contribution in [0.15, 0.2) is 0 Å². The topological polar surface area (TPSA) is 20.3 Å². The standard InChI is InChI=1S/C5H8NOS/c1-6-2-3-8-4-5(6)7/h1-4H2/q-1. The fourth-order valence-corrected chi connectivity index (χ4v) is 1.40. The molecule has 0 aromatic heterocycles. The zero-order valence-corrected chi connectivity index (χ0v) is 5.41. The number of rotatable bonds is 0. The van der Waals surface area contributed by atoms with E-state index in [-0.39, 0.29) is 5.91 Å². The number of hydrogen-bond acceptors (Lipinski definition) is 2. The molecule has 0 spiro atoms. The van der Waals surface area contributed by atoms with E-state index in [0.717, 1.165) is 12.3 Å². The maximum absolute atomic E-state index is 10.6. The summed E-state index contributed by atoms with van der Waals surface area (Å²) in [5.74, 6) is 1.81. The summed E-state index contributed by atoms with van der Waals surface area (Å²) in [6, 6.07) is 0. The first-order valence-electron chi connectivity index (χ1n) is 2.49. The van der Waals surface area contributed by atoms with Gasteiger partial charge in [0, 0.05) is 5.75 Å². The molecule has 0 N–H and O–H groups in total. The van der Waals surface area contributed by atoms with Crippen LogP contribution in [-0.2, 0) is 4.79 Å². The lowest BCUT2D eigenvalue weighted by atomic mass is 10.5. The van der Waals surface area contributed by atoms with Gasteiger partial charge in [-0.1, -0.05) is 0 Å². The van der Waals surface area contributed by atoms with Crippen LogP contribution in [0.2, 0.25) is 0 Å². The first-order chi connectivity index (χ1) is 3.80. The van der Waals surface area contributed by atoms with Crippen molar-refractivity contribution in [1.82, 2.24) is 4.90 Å². The molecule has 46 valence electrons. The molecule has 1 aliphatic heterocycles. The number of thioether (sulfide) groups is 1. The van der Waals surface area contributed by atoms with Crippen molar-refractivity contribution in [1.29, 1.82) is 0 Å². The van der Waals surface area contributed by atoms with Gasteiger partial charge in [-0.15, -0.1) is 0 Å². The van der Waals surface area contributed by atoms with Gasteiger partial charge in [0.15, 0.2) is 0 Å². The minimum absolute atomic E-state index is 0.154. The van der Waals surface area contributed by atoms with Gasteiger partial charge in [0.05, 0.1) is 5.75 Å². The van der Waals surface area contributed by atoms with Crippen LogP contribution >= 0.6 is 11.8 Å². The zero-order valence-electron chi connectivity index (χ0n) is 4.59. The Morgan fingerprint density at radius 3 is 2.88 bits per heavy atom. The van der Waals surface area contributed by atoms with E-state index in [2.05, 4.69) is 7.05 Å². The van der Waals surface area contributed by atoms with Gasteiger partial charge in [0.2, 0.25) is 5.91 Å². The third kappa shape index (κ3) is 1.15. The van der Waals surface area contributed by atoms with Crippen molar-refractivity contribution in [2.45, 2.75) is 0 Å². The predicted octanol–water partition coefficient (Wildman–Crippen LogP) is 0.353. The Bertz CT molecular complexity index is 105. The van der Waals surface area contributed by atoms with E-state index in [1.807, 2.05) is 0 Å². The summed E-state index contributed by atoms with van der Waals surface area (Å²) in [4.78, 5) is 12.2. The normalized spacial score (nSPS) is 21.6. The van der Waals surface area contributed by atoms with E-state index in [1.165, 1.54) is 4.90 Å². The molecule has 1 saturated heterocycles. The molecule has 0 bridgehead atoms. The van der Waals surface area contributed by atoms with Crippen molar-refractivity contribution in [3.8, 4) is 0 Å². The molecule has 2 nitrogen and oxygen atoms in total.